The molecule has 0 fully saturated rings. The highest BCUT2D eigenvalue weighted by Crippen LogP contribution is 2.18. The van der Waals surface area contributed by atoms with Gasteiger partial charge in [-0.2, -0.15) is 0 Å². The number of halogens is 1. The topological polar surface area (TPSA) is 74.8 Å². The number of rotatable bonds is 2. The van der Waals surface area contributed by atoms with Gasteiger partial charge >= 0.3 is 0 Å². The van der Waals surface area contributed by atoms with Crippen molar-refractivity contribution in [2.24, 2.45) is 0 Å². The summed E-state index contributed by atoms with van der Waals surface area (Å²) in [4.78, 5) is 26.6. The maximum absolute atomic E-state index is 11.6. The third-order valence-corrected chi connectivity index (χ3v) is 3.55. The van der Waals surface area contributed by atoms with Crippen molar-refractivity contribution in [3.05, 3.63) is 31.8 Å². The standard InChI is InChI=1S/C7H4ClN3O2S2/c8-3-4(15-11-5(3)12)6(13)10-7-9-1-2-14-7/h1-2H,(H,11,12)(H,9,10,13). The maximum Gasteiger partial charge on any atom is 0.277 e. The van der Waals surface area contributed by atoms with Crippen molar-refractivity contribution in [2.45, 2.75) is 0 Å². The first-order valence-electron chi connectivity index (χ1n) is 3.76. The summed E-state index contributed by atoms with van der Waals surface area (Å²) in [5.74, 6) is -0.432. The first-order chi connectivity index (χ1) is 7.18. The molecule has 0 aliphatic rings. The predicted molar refractivity (Wildman–Crippen MR) is 60.0 cm³/mol. The van der Waals surface area contributed by atoms with E-state index in [0.717, 1.165) is 11.5 Å². The lowest BCUT2D eigenvalue weighted by Crippen LogP contribution is -2.11. The molecular formula is C7H4ClN3O2S2. The van der Waals surface area contributed by atoms with Crippen LogP contribution in [0.4, 0.5) is 5.13 Å². The fourth-order valence-corrected chi connectivity index (χ4v) is 2.33. The summed E-state index contributed by atoms with van der Waals surface area (Å²) in [5.41, 5.74) is -0.453. The Labute approximate surface area is 96.9 Å². The summed E-state index contributed by atoms with van der Waals surface area (Å²) < 4.78 is 2.37. The molecule has 0 aliphatic heterocycles. The van der Waals surface area contributed by atoms with Crippen molar-refractivity contribution in [3.8, 4) is 0 Å². The first-order valence-corrected chi connectivity index (χ1v) is 5.83. The Kier molecular flexibility index (Phi) is 2.85. The average molecular weight is 262 g/mol. The van der Waals surface area contributed by atoms with Crippen molar-refractivity contribution < 1.29 is 4.79 Å². The van der Waals surface area contributed by atoms with Gasteiger partial charge in [0, 0.05) is 11.6 Å². The van der Waals surface area contributed by atoms with Crippen molar-refractivity contribution in [3.63, 3.8) is 0 Å². The summed E-state index contributed by atoms with van der Waals surface area (Å²) >= 11 is 7.82. The van der Waals surface area contributed by atoms with Crippen LogP contribution in [0, 0.1) is 0 Å². The minimum Gasteiger partial charge on any atom is -0.297 e. The van der Waals surface area contributed by atoms with E-state index in [2.05, 4.69) is 14.7 Å². The van der Waals surface area contributed by atoms with Crippen LogP contribution in [0.1, 0.15) is 9.67 Å². The molecule has 2 rings (SSSR count). The van der Waals surface area contributed by atoms with Crippen LogP contribution in [0.2, 0.25) is 5.02 Å². The van der Waals surface area contributed by atoms with Gasteiger partial charge < -0.3 is 0 Å². The van der Waals surface area contributed by atoms with Gasteiger partial charge in [-0.05, 0) is 0 Å². The number of carbonyl (C=O) groups is 1. The first kappa shape index (κ1) is 10.3. The molecule has 0 saturated heterocycles. The zero-order valence-electron chi connectivity index (χ0n) is 7.11. The van der Waals surface area contributed by atoms with E-state index >= 15 is 0 Å². The molecule has 0 unspecified atom stereocenters. The molecule has 0 bridgehead atoms. The van der Waals surface area contributed by atoms with Gasteiger partial charge in [-0.15, -0.1) is 11.3 Å². The average Bonchev–Trinajstić information content (AvgIpc) is 2.79. The number of anilines is 1. The van der Waals surface area contributed by atoms with E-state index in [4.69, 9.17) is 11.6 Å². The molecule has 0 atom stereocenters. The van der Waals surface area contributed by atoms with Gasteiger partial charge in [0.25, 0.3) is 11.5 Å². The smallest absolute Gasteiger partial charge is 0.277 e. The van der Waals surface area contributed by atoms with Crippen LogP contribution in [0.25, 0.3) is 0 Å². The van der Waals surface area contributed by atoms with Crippen LogP contribution in [0.3, 0.4) is 0 Å². The normalized spacial score (nSPS) is 10.2. The molecule has 1 amide bonds. The minimum atomic E-state index is -0.453. The van der Waals surface area contributed by atoms with Crippen molar-refractivity contribution in [1.82, 2.24) is 9.36 Å². The molecule has 0 saturated carbocycles. The highest BCUT2D eigenvalue weighted by molar-refractivity contribution is 7.14. The SMILES string of the molecule is O=C(Nc1nccs1)c1s[nH]c(=O)c1Cl. The molecule has 15 heavy (non-hydrogen) atoms. The highest BCUT2D eigenvalue weighted by atomic mass is 35.5. The van der Waals surface area contributed by atoms with Crippen LogP contribution in [0.5, 0.6) is 0 Å². The number of aromatic nitrogens is 2. The van der Waals surface area contributed by atoms with E-state index < -0.39 is 11.5 Å². The van der Waals surface area contributed by atoms with Gasteiger partial charge in [-0.25, -0.2) is 4.98 Å². The molecule has 2 N–H and O–H groups in total. The molecule has 5 nitrogen and oxygen atoms in total. The number of carbonyl (C=O) groups excluding carboxylic acids is 1. The van der Waals surface area contributed by atoms with Gasteiger partial charge in [-0.3, -0.25) is 19.3 Å². The summed E-state index contributed by atoms with van der Waals surface area (Å²) in [5, 5.41) is 4.64. The van der Waals surface area contributed by atoms with Crippen LogP contribution >= 0.6 is 34.5 Å². The lowest BCUT2D eigenvalue weighted by Gasteiger charge is -1.97. The monoisotopic (exact) mass is 261 g/mol. The van der Waals surface area contributed by atoms with Crippen molar-refractivity contribution in [2.75, 3.05) is 5.32 Å². The third-order valence-electron chi connectivity index (χ3n) is 1.50. The molecule has 0 radical (unpaired) electrons. The number of amides is 1. The maximum atomic E-state index is 11.6. The number of hydrogen-bond acceptors (Lipinski definition) is 5. The molecular weight excluding hydrogens is 258 g/mol. The molecule has 0 spiro atoms. The van der Waals surface area contributed by atoms with Crippen molar-refractivity contribution >= 4 is 45.5 Å². The summed E-state index contributed by atoms with van der Waals surface area (Å²) in [7, 11) is 0. The zero-order chi connectivity index (χ0) is 10.8. The lowest BCUT2D eigenvalue weighted by atomic mass is 10.4. The highest BCUT2D eigenvalue weighted by Gasteiger charge is 2.16. The Balaban J connectivity index is 2.22. The Bertz CT molecular complexity index is 531. The van der Waals surface area contributed by atoms with E-state index in [1.54, 1.807) is 11.6 Å². The Hall–Kier alpha value is -1.18. The lowest BCUT2D eigenvalue weighted by molar-refractivity contribution is 0.103. The third kappa shape index (κ3) is 2.09. The van der Waals surface area contributed by atoms with Crippen LogP contribution in [-0.4, -0.2) is 15.3 Å². The fourth-order valence-electron chi connectivity index (χ4n) is 0.875. The molecule has 78 valence electrons. The molecule has 8 heteroatoms. The number of nitrogens with zero attached hydrogens (tertiary/aromatic N) is 1. The van der Waals surface area contributed by atoms with E-state index in [-0.39, 0.29) is 9.90 Å². The summed E-state index contributed by atoms with van der Waals surface area (Å²) in [6.07, 6.45) is 1.57. The Morgan fingerprint density at radius 2 is 2.40 bits per heavy atom. The van der Waals surface area contributed by atoms with Gasteiger partial charge in [0.1, 0.15) is 9.90 Å². The second kappa shape index (κ2) is 4.13. The molecule has 0 aliphatic carbocycles. The number of nitrogens with one attached hydrogen (secondary N) is 2. The Morgan fingerprint density at radius 3 is 2.93 bits per heavy atom. The molecule has 2 heterocycles. The van der Waals surface area contributed by atoms with E-state index in [1.165, 1.54) is 11.3 Å². The van der Waals surface area contributed by atoms with Crippen LogP contribution in [0.15, 0.2) is 16.4 Å². The summed E-state index contributed by atoms with van der Waals surface area (Å²) in [6.45, 7) is 0. The Morgan fingerprint density at radius 1 is 1.60 bits per heavy atom. The largest absolute Gasteiger partial charge is 0.297 e. The van der Waals surface area contributed by atoms with E-state index in [1.807, 2.05) is 0 Å². The second-order valence-electron chi connectivity index (χ2n) is 2.47. The van der Waals surface area contributed by atoms with Crippen molar-refractivity contribution in [1.29, 1.82) is 0 Å². The fraction of sp³-hybridized carbons (Fsp3) is 0. The van der Waals surface area contributed by atoms with Crippen LogP contribution in [-0.2, 0) is 0 Å². The second-order valence-corrected chi connectivity index (χ2v) is 4.56. The number of H-pyrrole nitrogens is 1. The van der Waals surface area contributed by atoms with Gasteiger partial charge in [-0.1, -0.05) is 23.1 Å². The predicted octanol–water partition coefficient (Wildman–Crippen LogP) is 1.80. The summed E-state index contributed by atoms with van der Waals surface area (Å²) in [6, 6.07) is 0. The quantitative estimate of drug-likeness (QED) is 0.866. The molecule has 2 aromatic heterocycles. The zero-order valence-corrected chi connectivity index (χ0v) is 9.50. The number of aromatic amines is 1. The van der Waals surface area contributed by atoms with Gasteiger partial charge in [0.05, 0.1) is 0 Å². The molecule has 2 aromatic rings. The van der Waals surface area contributed by atoms with Gasteiger partial charge in [0.2, 0.25) is 0 Å². The van der Waals surface area contributed by atoms with E-state index in [0.29, 0.717) is 5.13 Å². The number of hydrogen-bond donors (Lipinski definition) is 2. The van der Waals surface area contributed by atoms with Gasteiger partial charge in [0.15, 0.2) is 5.13 Å². The van der Waals surface area contributed by atoms with Crippen LogP contribution < -0.4 is 10.9 Å². The van der Waals surface area contributed by atoms with E-state index in [9.17, 15) is 9.59 Å². The molecule has 0 aromatic carbocycles. The number of thiazole rings is 1. The minimum absolute atomic E-state index is 0.0888.